The van der Waals surface area contributed by atoms with Crippen LogP contribution in [0.5, 0.6) is 0 Å². The first-order valence-electron chi connectivity index (χ1n) is 29.4. The van der Waals surface area contributed by atoms with Crippen LogP contribution in [0, 0.1) is 0 Å². The summed E-state index contributed by atoms with van der Waals surface area (Å²) in [5, 5.41) is 0. The van der Waals surface area contributed by atoms with Gasteiger partial charge in [-0.25, -0.2) is 0 Å². The zero-order valence-electron chi connectivity index (χ0n) is 45.6. The molecule has 0 rings (SSSR count). The van der Waals surface area contributed by atoms with E-state index in [0.717, 1.165) is 89.9 Å². The van der Waals surface area contributed by atoms with Crippen molar-refractivity contribution >= 4 is 17.9 Å². The van der Waals surface area contributed by atoms with Crippen molar-refractivity contribution in [2.45, 2.75) is 297 Å². The highest BCUT2D eigenvalue weighted by atomic mass is 16.6. The molecular formula is C63H110O6. The summed E-state index contributed by atoms with van der Waals surface area (Å²) in [4.78, 5) is 37.9. The van der Waals surface area contributed by atoms with Gasteiger partial charge in [0, 0.05) is 19.3 Å². The molecule has 1 unspecified atom stereocenters. The van der Waals surface area contributed by atoms with E-state index in [1.165, 1.54) is 161 Å². The maximum Gasteiger partial charge on any atom is 0.306 e. The highest BCUT2D eigenvalue weighted by Crippen LogP contribution is 2.16. The Labute approximate surface area is 427 Å². The van der Waals surface area contributed by atoms with Crippen molar-refractivity contribution < 1.29 is 28.6 Å². The molecule has 6 heteroatoms. The van der Waals surface area contributed by atoms with Gasteiger partial charge >= 0.3 is 17.9 Å². The Hall–Kier alpha value is -3.15. The molecule has 0 spiro atoms. The fourth-order valence-electron chi connectivity index (χ4n) is 8.29. The van der Waals surface area contributed by atoms with Gasteiger partial charge < -0.3 is 14.2 Å². The molecule has 0 heterocycles. The Morgan fingerprint density at radius 2 is 0.565 bits per heavy atom. The number of carbonyl (C=O) groups excluding carboxylic acids is 3. The van der Waals surface area contributed by atoms with Crippen molar-refractivity contribution in [3.05, 3.63) is 72.9 Å². The van der Waals surface area contributed by atoms with Gasteiger partial charge in [0.25, 0.3) is 0 Å². The van der Waals surface area contributed by atoms with Crippen molar-refractivity contribution in [3.8, 4) is 0 Å². The number of rotatable bonds is 53. The Kier molecular flexibility index (Phi) is 54.8. The molecule has 0 N–H and O–H groups in total. The molecule has 0 aromatic carbocycles. The molecule has 0 saturated carbocycles. The number of ether oxygens (including phenoxy) is 3. The normalized spacial score (nSPS) is 12.6. The molecule has 0 fully saturated rings. The van der Waals surface area contributed by atoms with Crippen LogP contribution in [0.2, 0.25) is 0 Å². The van der Waals surface area contributed by atoms with Crippen LogP contribution in [0.1, 0.15) is 290 Å². The summed E-state index contributed by atoms with van der Waals surface area (Å²) in [6.07, 6.45) is 73.6. The first kappa shape index (κ1) is 65.8. The van der Waals surface area contributed by atoms with Crippen LogP contribution >= 0.6 is 0 Å². The summed E-state index contributed by atoms with van der Waals surface area (Å²) in [5.41, 5.74) is 0. The van der Waals surface area contributed by atoms with E-state index in [2.05, 4.69) is 93.7 Å². The fraction of sp³-hybridized carbons (Fsp3) is 0.762. The van der Waals surface area contributed by atoms with E-state index in [-0.39, 0.29) is 31.1 Å². The summed E-state index contributed by atoms with van der Waals surface area (Å²) >= 11 is 0. The van der Waals surface area contributed by atoms with Gasteiger partial charge in [-0.3, -0.25) is 14.4 Å². The van der Waals surface area contributed by atoms with Crippen LogP contribution in [-0.2, 0) is 28.6 Å². The van der Waals surface area contributed by atoms with Gasteiger partial charge in [-0.15, -0.1) is 0 Å². The molecule has 0 aliphatic rings. The van der Waals surface area contributed by atoms with Gasteiger partial charge in [-0.1, -0.05) is 254 Å². The minimum Gasteiger partial charge on any atom is -0.462 e. The number of unbranched alkanes of at least 4 members (excludes halogenated alkanes) is 30. The predicted octanol–water partition coefficient (Wildman–Crippen LogP) is 19.8. The van der Waals surface area contributed by atoms with Crippen LogP contribution in [-0.4, -0.2) is 37.2 Å². The molecule has 69 heavy (non-hydrogen) atoms. The van der Waals surface area contributed by atoms with Gasteiger partial charge in [0.1, 0.15) is 13.2 Å². The molecule has 6 nitrogen and oxygen atoms in total. The van der Waals surface area contributed by atoms with Crippen LogP contribution < -0.4 is 0 Å². The van der Waals surface area contributed by atoms with E-state index < -0.39 is 6.10 Å². The highest BCUT2D eigenvalue weighted by molar-refractivity contribution is 5.71. The van der Waals surface area contributed by atoms with Crippen molar-refractivity contribution in [1.29, 1.82) is 0 Å². The van der Waals surface area contributed by atoms with E-state index in [0.29, 0.717) is 19.3 Å². The van der Waals surface area contributed by atoms with Crippen LogP contribution in [0.3, 0.4) is 0 Å². The summed E-state index contributed by atoms with van der Waals surface area (Å²) in [7, 11) is 0. The second-order valence-electron chi connectivity index (χ2n) is 19.5. The lowest BCUT2D eigenvalue weighted by Gasteiger charge is -2.18. The molecule has 0 radical (unpaired) electrons. The molecular weight excluding hydrogens is 853 g/mol. The van der Waals surface area contributed by atoms with Crippen molar-refractivity contribution in [2.24, 2.45) is 0 Å². The summed E-state index contributed by atoms with van der Waals surface area (Å²) in [5.74, 6) is -0.885. The molecule has 0 aromatic rings. The van der Waals surface area contributed by atoms with Gasteiger partial charge in [0.05, 0.1) is 0 Å². The Morgan fingerprint density at radius 3 is 0.899 bits per heavy atom. The van der Waals surface area contributed by atoms with E-state index in [4.69, 9.17) is 14.2 Å². The van der Waals surface area contributed by atoms with Gasteiger partial charge in [-0.05, 0) is 89.9 Å². The standard InChI is InChI=1S/C63H110O6/c1-4-7-10-13-16-18-20-22-24-26-28-29-30-31-32-33-34-35-36-38-39-41-43-45-47-50-53-56-62(65)68-59-60(58-67-61(64)55-52-49-15-12-9-6-3)69-63(66)57-54-51-48-46-44-42-40-37-27-25-23-21-19-17-14-11-8-5-2/h7,10,16,18,22,24-25,27-29,31-32,60H,4-6,8-9,11-15,17,19-21,23,26,30,33-59H2,1-3H3/b10-7-,18-16-,24-22-,27-25-,29-28-,32-31-. The van der Waals surface area contributed by atoms with Gasteiger partial charge in [0.2, 0.25) is 0 Å². The zero-order valence-corrected chi connectivity index (χ0v) is 45.6. The fourth-order valence-corrected chi connectivity index (χ4v) is 8.29. The average molecular weight is 964 g/mol. The molecule has 0 aromatic heterocycles. The third-order valence-electron chi connectivity index (χ3n) is 12.7. The Bertz CT molecular complexity index is 1290. The first-order chi connectivity index (χ1) is 34.0. The molecule has 1 atom stereocenters. The van der Waals surface area contributed by atoms with Crippen molar-refractivity contribution in [1.82, 2.24) is 0 Å². The molecule has 0 saturated heterocycles. The lowest BCUT2D eigenvalue weighted by Crippen LogP contribution is -2.30. The number of hydrogen-bond acceptors (Lipinski definition) is 6. The minimum atomic E-state index is -0.775. The number of allylic oxidation sites excluding steroid dienone is 12. The SMILES string of the molecule is CC/C=C\C/C=C\C/C=C\C/C=C\C/C=C\CCCCCCCCCCCCCC(=O)OCC(COC(=O)CCCCCCCC)OC(=O)CCCCCCCCC/C=C\CCCCCCCCC. The van der Waals surface area contributed by atoms with Crippen molar-refractivity contribution in [3.63, 3.8) is 0 Å². The second kappa shape index (κ2) is 57.4. The maximum absolute atomic E-state index is 12.8. The van der Waals surface area contributed by atoms with Gasteiger partial charge in [0.15, 0.2) is 6.10 Å². The van der Waals surface area contributed by atoms with E-state index in [9.17, 15) is 14.4 Å². The van der Waals surface area contributed by atoms with Gasteiger partial charge in [-0.2, -0.15) is 0 Å². The summed E-state index contributed by atoms with van der Waals surface area (Å²) in [6, 6.07) is 0. The van der Waals surface area contributed by atoms with Crippen LogP contribution in [0.25, 0.3) is 0 Å². The van der Waals surface area contributed by atoms with E-state index in [1.807, 2.05) is 0 Å². The van der Waals surface area contributed by atoms with Crippen LogP contribution in [0.15, 0.2) is 72.9 Å². The number of hydrogen-bond donors (Lipinski definition) is 0. The molecule has 0 bridgehead atoms. The third-order valence-corrected chi connectivity index (χ3v) is 12.7. The van der Waals surface area contributed by atoms with E-state index in [1.54, 1.807) is 0 Å². The monoisotopic (exact) mass is 963 g/mol. The topological polar surface area (TPSA) is 78.9 Å². The number of carbonyl (C=O) groups is 3. The molecule has 0 aliphatic heterocycles. The predicted molar refractivity (Wildman–Crippen MR) is 298 cm³/mol. The van der Waals surface area contributed by atoms with Crippen molar-refractivity contribution in [2.75, 3.05) is 13.2 Å². The molecule has 0 amide bonds. The third kappa shape index (κ3) is 55.6. The summed E-state index contributed by atoms with van der Waals surface area (Å²) < 4.78 is 16.8. The number of esters is 3. The lowest BCUT2D eigenvalue weighted by molar-refractivity contribution is -0.167. The Morgan fingerprint density at radius 1 is 0.304 bits per heavy atom. The summed E-state index contributed by atoms with van der Waals surface area (Å²) in [6.45, 7) is 6.48. The first-order valence-corrected chi connectivity index (χ1v) is 29.4. The quantitative estimate of drug-likeness (QED) is 0.0262. The lowest BCUT2D eigenvalue weighted by atomic mass is 10.0. The largest absolute Gasteiger partial charge is 0.462 e. The zero-order chi connectivity index (χ0) is 50.0. The second-order valence-corrected chi connectivity index (χ2v) is 19.5. The molecule has 0 aliphatic carbocycles. The molecule has 398 valence electrons. The Balaban J connectivity index is 4.11. The average Bonchev–Trinajstić information content (AvgIpc) is 3.35. The highest BCUT2D eigenvalue weighted by Gasteiger charge is 2.19. The van der Waals surface area contributed by atoms with E-state index >= 15 is 0 Å². The minimum absolute atomic E-state index is 0.0763. The maximum atomic E-state index is 12.8. The smallest absolute Gasteiger partial charge is 0.306 e. The van der Waals surface area contributed by atoms with Crippen LogP contribution in [0.4, 0.5) is 0 Å².